The van der Waals surface area contributed by atoms with Gasteiger partial charge in [0, 0.05) is 6.04 Å². The lowest BCUT2D eigenvalue weighted by Crippen LogP contribution is -2.44. The van der Waals surface area contributed by atoms with Crippen LogP contribution < -0.4 is 10.6 Å². The van der Waals surface area contributed by atoms with E-state index in [2.05, 4.69) is 10.6 Å². The monoisotopic (exact) mass is 252 g/mol. The molecule has 0 saturated carbocycles. The summed E-state index contributed by atoms with van der Waals surface area (Å²) >= 11 is 0. The van der Waals surface area contributed by atoms with Crippen molar-refractivity contribution in [2.45, 2.75) is 25.9 Å². The molecule has 1 amide bonds. The van der Waals surface area contributed by atoms with E-state index in [4.69, 9.17) is 9.15 Å². The number of likely N-dealkylation sites (N-methyl/N-ethyl adjacent to an activating group) is 1. The molecule has 1 aliphatic rings. The highest BCUT2D eigenvalue weighted by atomic mass is 16.5. The maximum Gasteiger partial charge on any atom is 0.227 e. The van der Waals surface area contributed by atoms with E-state index >= 15 is 0 Å². The second-order valence-corrected chi connectivity index (χ2v) is 4.55. The summed E-state index contributed by atoms with van der Waals surface area (Å²) in [5.74, 6) is 0.659. The fourth-order valence-electron chi connectivity index (χ4n) is 2.21. The van der Waals surface area contributed by atoms with Gasteiger partial charge in [0.05, 0.1) is 31.4 Å². The first-order valence-electron chi connectivity index (χ1n) is 6.37. The van der Waals surface area contributed by atoms with Gasteiger partial charge in [0.1, 0.15) is 5.76 Å². The topological polar surface area (TPSA) is 63.5 Å². The number of hydrogen-bond donors (Lipinski definition) is 2. The van der Waals surface area contributed by atoms with Gasteiger partial charge in [-0.3, -0.25) is 4.79 Å². The van der Waals surface area contributed by atoms with E-state index in [0.717, 1.165) is 12.3 Å². The lowest BCUT2D eigenvalue weighted by atomic mass is 10.0. The number of ether oxygens (including phenoxy) is 1. The maximum atomic E-state index is 12.2. The summed E-state index contributed by atoms with van der Waals surface area (Å²) in [6.07, 6.45) is 1.61. The van der Waals surface area contributed by atoms with Crippen molar-refractivity contribution in [2.75, 3.05) is 19.8 Å². The summed E-state index contributed by atoms with van der Waals surface area (Å²) in [5, 5.41) is 6.23. The predicted molar refractivity (Wildman–Crippen MR) is 67.0 cm³/mol. The molecule has 0 spiro atoms. The molecule has 100 valence electrons. The van der Waals surface area contributed by atoms with Gasteiger partial charge >= 0.3 is 0 Å². The molecule has 2 N–H and O–H groups in total. The van der Waals surface area contributed by atoms with E-state index in [1.807, 2.05) is 26.0 Å². The average molecular weight is 252 g/mol. The van der Waals surface area contributed by atoms with Gasteiger partial charge in [-0.1, -0.05) is 6.92 Å². The first-order chi connectivity index (χ1) is 8.72. The number of hydrogen-bond acceptors (Lipinski definition) is 4. The molecule has 0 aromatic carbocycles. The van der Waals surface area contributed by atoms with E-state index in [-0.39, 0.29) is 23.9 Å². The Labute approximate surface area is 107 Å². The number of amides is 1. The highest BCUT2D eigenvalue weighted by Gasteiger charge is 2.34. The van der Waals surface area contributed by atoms with E-state index in [0.29, 0.717) is 13.2 Å². The maximum absolute atomic E-state index is 12.2. The van der Waals surface area contributed by atoms with Gasteiger partial charge in [0.2, 0.25) is 5.91 Å². The van der Waals surface area contributed by atoms with Crippen LogP contribution in [-0.4, -0.2) is 31.7 Å². The second-order valence-electron chi connectivity index (χ2n) is 4.55. The van der Waals surface area contributed by atoms with Crippen LogP contribution >= 0.6 is 0 Å². The van der Waals surface area contributed by atoms with Crippen LogP contribution in [0.15, 0.2) is 22.8 Å². The zero-order valence-corrected chi connectivity index (χ0v) is 10.8. The molecule has 1 saturated heterocycles. The molecule has 18 heavy (non-hydrogen) atoms. The highest BCUT2D eigenvalue weighted by molar-refractivity contribution is 5.80. The Hall–Kier alpha value is -1.33. The van der Waals surface area contributed by atoms with Crippen LogP contribution in [0.5, 0.6) is 0 Å². The molecular formula is C13H20N2O3. The summed E-state index contributed by atoms with van der Waals surface area (Å²) < 4.78 is 10.6. The Kier molecular flexibility index (Phi) is 4.38. The van der Waals surface area contributed by atoms with Crippen LogP contribution in [0.2, 0.25) is 0 Å². The largest absolute Gasteiger partial charge is 0.467 e. The van der Waals surface area contributed by atoms with Crippen molar-refractivity contribution in [1.82, 2.24) is 10.6 Å². The lowest BCUT2D eigenvalue weighted by Gasteiger charge is -2.20. The average Bonchev–Trinajstić information content (AvgIpc) is 3.00. The van der Waals surface area contributed by atoms with Crippen LogP contribution in [-0.2, 0) is 9.53 Å². The summed E-state index contributed by atoms with van der Waals surface area (Å²) in [4.78, 5) is 12.2. The molecule has 5 heteroatoms. The Balaban J connectivity index is 1.91. The first kappa shape index (κ1) is 13.1. The third kappa shape index (κ3) is 2.91. The number of furan rings is 1. The number of rotatable bonds is 5. The molecule has 1 aromatic heterocycles. The Morgan fingerprint density at radius 1 is 1.56 bits per heavy atom. The zero-order valence-electron chi connectivity index (χ0n) is 10.8. The predicted octanol–water partition coefficient (Wildman–Crippen LogP) is 1.08. The van der Waals surface area contributed by atoms with Crippen molar-refractivity contribution in [3.8, 4) is 0 Å². The molecule has 1 aromatic rings. The van der Waals surface area contributed by atoms with E-state index in [1.54, 1.807) is 6.26 Å². The smallest absolute Gasteiger partial charge is 0.227 e. The molecule has 2 heterocycles. The van der Waals surface area contributed by atoms with Crippen LogP contribution in [0.1, 0.15) is 25.6 Å². The second kappa shape index (κ2) is 6.02. The van der Waals surface area contributed by atoms with Crippen molar-refractivity contribution in [3.05, 3.63) is 24.2 Å². The molecule has 2 rings (SSSR count). The minimum atomic E-state index is -0.123. The van der Waals surface area contributed by atoms with Gasteiger partial charge in [0.15, 0.2) is 0 Å². The lowest BCUT2D eigenvalue weighted by molar-refractivity contribution is -0.126. The van der Waals surface area contributed by atoms with Crippen LogP contribution in [0.3, 0.4) is 0 Å². The Morgan fingerprint density at radius 3 is 3.06 bits per heavy atom. The SMILES string of the molecule is CCNC1COCC1C(=O)NC(C)c1ccco1. The van der Waals surface area contributed by atoms with Crippen LogP contribution in [0, 0.1) is 5.92 Å². The van der Waals surface area contributed by atoms with Crippen molar-refractivity contribution in [2.24, 2.45) is 5.92 Å². The molecule has 1 fully saturated rings. The van der Waals surface area contributed by atoms with Gasteiger partial charge in [-0.2, -0.15) is 0 Å². The number of carbonyl (C=O) groups excluding carboxylic acids is 1. The molecule has 0 bridgehead atoms. The van der Waals surface area contributed by atoms with Gasteiger partial charge in [-0.25, -0.2) is 0 Å². The molecule has 3 atom stereocenters. The molecule has 1 aliphatic heterocycles. The number of carbonyl (C=O) groups is 1. The summed E-state index contributed by atoms with van der Waals surface area (Å²) in [6.45, 7) is 5.86. The van der Waals surface area contributed by atoms with Crippen molar-refractivity contribution in [1.29, 1.82) is 0 Å². The van der Waals surface area contributed by atoms with E-state index in [1.165, 1.54) is 0 Å². The minimum absolute atomic E-state index is 0.0161. The molecule has 3 unspecified atom stereocenters. The molecular weight excluding hydrogens is 232 g/mol. The molecule has 5 nitrogen and oxygen atoms in total. The van der Waals surface area contributed by atoms with Gasteiger partial charge in [-0.15, -0.1) is 0 Å². The Morgan fingerprint density at radius 2 is 2.39 bits per heavy atom. The fourth-order valence-corrected chi connectivity index (χ4v) is 2.21. The molecule has 0 radical (unpaired) electrons. The number of nitrogens with one attached hydrogen (secondary N) is 2. The summed E-state index contributed by atoms with van der Waals surface area (Å²) in [5.41, 5.74) is 0. The third-order valence-corrected chi connectivity index (χ3v) is 3.21. The summed E-state index contributed by atoms with van der Waals surface area (Å²) in [6, 6.07) is 3.67. The van der Waals surface area contributed by atoms with Gasteiger partial charge in [-0.05, 0) is 25.6 Å². The minimum Gasteiger partial charge on any atom is -0.467 e. The van der Waals surface area contributed by atoms with Crippen LogP contribution in [0.4, 0.5) is 0 Å². The first-order valence-corrected chi connectivity index (χ1v) is 6.37. The normalized spacial score (nSPS) is 25.0. The Bertz CT molecular complexity index is 378. The van der Waals surface area contributed by atoms with Crippen molar-refractivity contribution >= 4 is 5.91 Å². The van der Waals surface area contributed by atoms with Crippen molar-refractivity contribution < 1.29 is 13.9 Å². The van der Waals surface area contributed by atoms with Crippen LogP contribution in [0.25, 0.3) is 0 Å². The zero-order chi connectivity index (χ0) is 13.0. The standard InChI is InChI=1S/C13H20N2O3/c1-3-14-11-8-17-7-10(11)13(16)15-9(2)12-5-4-6-18-12/h4-6,9-11,14H,3,7-8H2,1-2H3,(H,15,16). The quantitative estimate of drug-likeness (QED) is 0.823. The van der Waals surface area contributed by atoms with Gasteiger partial charge in [0.25, 0.3) is 0 Å². The van der Waals surface area contributed by atoms with E-state index < -0.39 is 0 Å². The molecule has 0 aliphatic carbocycles. The van der Waals surface area contributed by atoms with Crippen molar-refractivity contribution in [3.63, 3.8) is 0 Å². The fraction of sp³-hybridized carbons (Fsp3) is 0.615. The van der Waals surface area contributed by atoms with E-state index in [9.17, 15) is 4.79 Å². The summed E-state index contributed by atoms with van der Waals surface area (Å²) in [7, 11) is 0. The third-order valence-electron chi connectivity index (χ3n) is 3.21. The highest BCUT2D eigenvalue weighted by Crippen LogP contribution is 2.17. The van der Waals surface area contributed by atoms with Gasteiger partial charge < -0.3 is 19.8 Å².